The van der Waals surface area contributed by atoms with Gasteiger partial charge in [0.2, 0.25) is 0 Å². The molecule has 0 saturated carbocycles. The smallest absolute Gasteiger partial charge is 0.255 e. The molecule has 142 valence electrons. The number of nitrogens with one attached hydrogen (secondary N) is 1. The van der Waals surface area contributed by atoms with E-state index >= 15 is 0 Å². The van der Waals surface area contributed by atoms with Gasteiger partial charge in [-0.2, -0.15) is 0 Å². The topological polar surface area (TPSA) is 46.2 Å². The minimum atomic E-state index is -0.160. The molecule has 0 aliphatic carbocycles. The van der Waals surface area contributed by atoms with Gasteiger partial charge in [-0.3, -0.25) is 9.59 Å². The largest absolute Gasteiger partial charge is 0.322 e. The summed E-state index contributed by atoms with van der Waals surface area (Å²) in [7, 11) is 0. The molecule has 6 heteroatoms. The van der Waals surface area contributed by atoms with Gasteiger partial charge < -0.3 is 5.32 Å². The molecule has 0 fully saturated rings. The Kier molecular flexibility index (Phi) is 6.79. The van der Waals surface area contributed by atoms with E-state index in [-0.39, 0.29) is 17.4 Å². The maximum absolute atomic E-state index is 12.5. The first-order chi connectivity index (χ1) is 13.4. The lowest BCUT2D eigenvalue weighted by atomic mass is 10.1. The molecule has 0 atom stereocenters. The maximum Gasteiger partial charge on any atom is 0.255 e. The monoisotopic (exact) mass is 429 g/mol. The number of anilines is 1. The molecule has 0 bridgehead atoms. The zero-order valence-electron chi connectivity index (χ0n) is 15.0. The number of hydrogen-bond acceptors (Lipinski definition) is 3. The van der Waals surface area contributed by atoms with Crippen molar-refractivity contribution in [2.75, 3.05) is 11.1 Å². The van der Waals surface area contributed by atoms with Gasteiger partial charge in [-0.05, 0) is 55.0 Å². The van der Waals surface area contributed by atoms with Crippen molar-refractivity contribution in [3.8, 4) is 0 Å². The number of aryl methyl sites for hydroxylation is 1. The number of halogens is 2. The Morgan fingerprint density at radius 1 is 0.929 bits per heavy atom. The van der Waals surface area contributed by atoms with E-state index in [2.05, 4.69) is 5.32 Å². The maximum atomic E-state index is 12.5. The van der Waals surface area contributed by atoms with Crippen molar-refractivity contribution >= 4 is 52.3 Å². The fourth-order valence-electron chi connectivity index (χ4n) is 2.59. The zero-order valence-corrected chi connectivity index (χ0v) is 17.4. The number of rotatable bonds is 6. The molecular weight excluding hydrogens is 413 g/mol. The van der Waals surface area contributed by atoms with Crippen molar-refractivity contribution in [3.63, 3.8) is 0 Å². The van der Waals surface area contributed by atoms with E-state index in [4.69, 9.17) is 23.2 Å². The van der Waals surface area contributed by atoms with E-state index in [9.17, 15) is 9.59 Å². The van der Waals surface area contributed by atoms with Crippen LogP contribution in [0.15, 0.2) is 71.6 Å². The number of carbonyl (C=O) groups excluding carboxylic acids is 2. The number of carbonyl (C=O) groups is 2. The number of hydrogen-bond donors (Lipinski definition) is 1. The van der Waals surface area contributed by atoms with Crippen LogP contribution in [0.2, 0.25) is 10.0 Å². The fraction of sp³-hybridized carbons (Fsp3) is 0.0909. The second-order valence-corrected chi connectivity index (χ2v) is 8.00. The Labute approximate surface area is 178 Å². The molecule has 0 aliphatic heterocycles. The van der Waals surface area contributed by atoms with Crippen LogP contribution in [-0.2, 0) is 0 Å². The van der Waals surface area contributed by atoms with Crippen LogP contribution in [-0.4, -0.2) is 17.4 Å². The van der Waals surface area contributed by atoms with E-state index in [1.165, 1.54) is 11.8 Å². The Balaban J connectivity index is 1.65. The predicted octanol–water partition coefficient (Wildman–Crippen LogP) is 6.53. The molecule has 0 aliphatic rings. The molecular formula is C22H17Cl2NO2S. The Hall–Kier alpha value is -2.27. The van der Waals surface area contributed by atoms with E-state index in [1.54, 1.807) is 24.3 Å². The minimum absolute atomic E-state index is 0.0436. The van der Waals surface area contributed by atoms with Gasteiger partial charge in [-0.25, -0.2) is 0 Å². The lowest BCUT2D eigenvalue weighted by Gasteiger charge is -2.09. The van der Waals surface area contributed by atoms with Gasteiger partial charge in [0.05, 0.1) is 15.8 Å². The number of ketones is 1. The summed E-state index contributed by atoms with van der Waals surface area (Å²) in [6.07, 6.45) is 0. The van der Waals surface area contributed by atoms with Crippen LogP contribution in [0.4, 0.5) is 5.69 Å². The summed E-state index contributed by atoms with van der Waals surface area (Å²) in [5, 5.41) is 3.68. The highest BCUT2D eigenvalue weighted by atomic mass is 35.5. The third kappa shape index (κ3) is 5.16. The highest BCUT2D eigenvalue weighted by Gasteiger charge is 2.11. The van der Waals surface area contributed by atoms with Gasteiger partial charge in [0, 0.05) is 21.7 Å². The van der Waals surface area contributed by atoms with Crippen molar-refractivity contribution in [2.24, 2.45) is 0 Å². The standard InChI is InChI=1S/C22H17Cl2NO2S/c1-14-5-2-3-8-18(14)22(27)25-16-6-4-7-17(12-16)28-13-21(26)15-9-10-19(23)20(24)11-15/h2-12H,13H2,1H3,(H,25,27). The van der Waals surface area contributed by atoms with Gasteiger partial charge in [0.1, 0.15) is 0 Å². The third-order valence-corrected chi connectivity index (χ3v) is 5.83. The summed E-state index contributed by atoms with van der Waals surface area (Å²) in [5.41, 5.74) is 2.75. The molecule has 0 radical (unpaired) electrons. The number of Topliss-reactive ketones (excluding diaryl/α,β-unsaturated/α-hetero) is 1. The molecule has 0 heterocycles. The van der Waals surface area contributed by atoms with Gasteiger partial charge in [-0.15, -0.1) is 11.8 Å². The lowest BCUT2D eigenvalue weighted by molar-refractivity contribution is 0.101. The second kappa shape index (κ2) is 9.28. The summed E-state index contributed by atoms with van der Waals surface area (Å²) in [4.78, 5) is 25.7. The number of thioether (sulfide) groups is 1. The van der Waals surface area contributed by atoms with Crippen LogP contribution in [0.1, 0.15) is 26.3 Å². The Bertz CT molecular complexity index is 1040. The Morgan fingerprint density at radius 2 is 1.71 bits per heavy atom. The first-order valence-electron chi connectivity index (χ1n) is 8.52. The van der Waals surface area contributed by atoms with Crippen molar-refractivity contribution in [3.05, 3.63) is 93.5 Å². The summed E-state index contributed by atoms with van der Waals surface area (Å²) in [5.74, 6) is 0.0534. The molecule has 0 saturated heterocycles. The summed E-state index contributed by atoms with van der Waals surface area (Å²) in [6, 6.07) is 19.7. The van der Waals surface area contributed by atoms with E-state index in [1.807, 2.05) is 49.4 Å². The van der Waals surface area contributed by atoms with Crippen LogP contribution < -0.4 is 5.32 Å². The average Bonchev–Trinajstić information content (AvgIpc) is 2.69. The van der Waals surface area contributed by atoms with Crippen molar-refractivity contribution in [1.82, 2.24) is 0 Å². The van der Waals surface area contributed by atoms with Crippen molar-refractivity contribution in [1.29, 1.82) is 0 Å². The van der Waals surface area contributed by atoms with E-state index in [0.717, 1.165) is 10.5 Å². The number of amides is 1. The van der Waals surface area contributed by atoms with Crippen molar-refractivity contribution < 1.29 is 9.59 Å². The predicted molar refractivity (Wildman–Crippen MR) is 117 cm³/mol. The zero-order chi connectivity index (χ0) is 20.1. The van der Waals surface area contributed by atoms with Crippen LogP contribution >= 0.6 is 35.0 Å². The first-order valence-corrected chi connectivity index (χ1v) is 10.3. The average molecular weight is 430 g/mol. The molecule has 1 amide bonds. The second-order valence-electron chi connectivity index (χ2n) is 6.14. The molecule has 0 aromatic heterocycles. The SMILES string of the molecule is Cc1ccccc1C(=O)Nc1cccc(SCC(=O)c2ccc(Cl)c(Cl)c2)c1. The molecule has 1 N–H and O–H groups in total. The molecule has 3 aromatic rings. The van der Waals surface area contributed by atoms with E-state index in [0.29, 0.717) is 26.9 Å². The molecule has 0 spiro atoms. The summed E-state index contributed by atoms with van der Waals surface area (Å²) in [6.45, 7) is 1.90. The molecule has 28 heavy (non-hydrogen) atoms. The molecule has 3 nitrogen and oxygen atoms in total. The molecule has 3 rings (SSSR count). The lowest BCUT2D eigenvalue weighted by Crippen LogP contribution is -2.13. The molecule has 0 unspecified atom stereocenters. The first kappa shape index (κ1) is 20.5. The van der Waals surface area contributed by atoms with Crippen LogP contribution in [0.25, 0.3) is 0 Å². The van der Waals surface area contributed by atoms with Gasteiger partial charge >= 0.3 is 0 Å². The highest BCUT2D eigenvalue weighted by Crippen LogP contribution is 2.26. The van der Waals surface area contributed by atoms with Gasteiger partial charge in [0.15, 0.2) is 5.78 Å². The van der Waals surface area contributed by atoms with Crippen LogP contribution in [0.3, 0.4) is 0 Å². The normalized spacial score (nSPS) is 10.5. The van der Waals surface area contributed by atoms with E-state index < -0.39 is 0 Å². The van der Waals surface area contributed by atoms with Crippen molar-refractivity contribution in [2.45, 2.75) is 11.8 Å². The number of benzene rings is 3. The van der Waals surface area contributed by atoms with Gasteiger partial charge in [0.25, 0.3) is 5.91 Å². The van der Waals surface area contributed by atoms with Crippen LogP contribution in [0, 0.1) is 6.92 Å². The minimum Gasteiger partial charge on any atom is -0.322 e. The van der Waals surface area contributed by atoms with Gasteiger partial charge in [-0.1, -0.05) is 47.5 Å². The summed E-state index contributed by atoms with van der Waals surface area (Å²) < 4.78 is 0. The van der Waals surface area contributed by atoms with Crippen LogP contribution in [0.5, 0.6) is 0 Å². The highest BCUT2D eigenvalue weighted by molar-refractivity contribution is 8.00. The third-order valence-electron chi connectivity index (χ3n) is 4.09. The Morgan fingerprint density at radius 3 is 2.46 bits per heavy atom. The summed E-state index contributed by atoms with van der Waals surface area (Å²) >= 11 is 13.3. The molecule has 3 aromatic carbocycles. The quantitative estimate of drug-likeness (QED) is 0.357. The fourth-order valence-corrected chi connectivity index (χ4v) is 3.74.